The molecule has 0 aliphatic carbocycles. The highest BCUT2D eigenvalue weighted by Gasteiger charge is 2.11. The summed E-state index contributed by atoms with van der Waals surface area (Å²) in [5.41, 5.74) is 5.47. The number of hydrogen-bond acceptors (Lipinski definition) is 4. The maximum atomic E-state index is 5.52. The summed E-state index contributed by atoms with van der Waals surface area (Å²) in [6.07, 6.45) is 0. The molecule has 15 heavy (non-hydrogen) atoms. The monoisotopic (exact) mass is 212 g/mol. The van der Waals surface area contributed by atoms with Crippen LogP contribution >= 0.6 is 0 Å². The van der Waals surface area contributed by atoms with Gasteiger partial charge in [0.25, 0.3) is 0 Å². The maximum Gasteiger partial charge on any atom is 0.118 e. The number of rotatable bonds is 6. The fourth-order valence-electron chi connectivity index (χ4n) is 1.39. The van der Waals surface area contributed by atoms with E-state index in [0.717, 1.165) is 24.7 Å². The molecule has 0 aliphatic heterocycles. The molecule has 0 aliphatic rings. The highest BCUT2D eigenvalue weighted by molar-refractivity contribution is 5.06. The van der Waals surface area contributed by atoms with Crippen molar-refractivity contribution in [2.75, 3.05) is 20.8 Å². The lowest BCUT2D eigenvalue weighted by Gasteiger charge is -2.22. The summed E-state index contributed by atoms with van der Waals surface area (Å²) in [4.78, 5) is 2.18. The summed E-state index contributed by atoms with van der Waals surface area (Å²) in [7, 11) is 3.76. The summed E-state index contributed by atoms with van der Waals surface area (Å²) >= 11 is 0. The van der Waals surface area contributed by atoms with E-state index in [9.17, 15) is 0 Å². The molecule has 1 heterocycles. The first-order chi connectivity index (χ1) is 7.17. The van der Waals surface area contributed by atoms with E-state index < -0.39 is 0 Å². The molecule has 1 rings (SSSR count). The van der Waals surface area contributed by atoms with Crippen molar-refractivity contribution in [3.05, 3.63) is 23.7 Å². The molecular formula is C11H20N2O2. The number of ether oxygens (including phenoxy) is 1. The molecule has 0 saturated heterocycles. The Bertz CT molecular complexity index is 286. The van der Waals surface area contributed by atoms with Gasteiger partial charge in [-0.25, -0.2) is 0 Å². The maximum absolute atomic E-state index is 5.52. The molecule has 1 aromatic rings. The van der Waals surface area contributed by atoms with Gasteiger partial charge in [0.15, 0.2) is 0 Å². The number of furan rings is 1. The van der Waals surface area contributed by atoms with E-state index >= 15 is 0 Å². The summed E-state index contributed by atoms with van der Waals surface area (Å²) in [5, 5.41) is 0. The number of methoxy groups -OCH3 is 1. The van der Waals surface area contributed by atoms with Crippen molar-refractivity contribution in [3.8, 4) is 0 Å². The average Bonchev–Trinajstić information content (AvgIpc) is 2.66. The quantitative estimate of drug-likeness (QED) is 0.770. The number of nitrogens with zero attached hydrogens (tertiary/aromatic N) is 1. The van der Waals surface area contributed by atoms with Gasteiger partial charge in [-0.15, -0.1) is 0 Å². The molecule has 0 radical (unpaired) electrons. The van der Waals surface area contributed by atoms with Crippen molar-refractivity contribution < 1.29 is 9.15 Å². The minimum absolute atomic E-state index is 0.376. The van der Waals surface area contributed by atoms with Crippen LogP contribution in [-0.4, -0.2) is 31.7 Å². The zero-order valence-corrected chi connectivity index (χ0v) is 9.69. The second kappa shape index (κ2) is 5.90. The zero-order chi connectivity index (χ0) is 11.3. The molecule has 0 spiro atoms. The second-order valence-electron chi connectivity index (χ2n) is 3.79. The number of likely N-dealkylation sites (N-methyl/N-ethyl adjacent to an activating group) is 1. The molecule has 4 heteroatoms. The molecule has 0 fully saturated rings. The Morgan fingerprint density at radius 1 is 1.47 bits per heavy atom. The van der Waals surface area contributed by atoms with Crippen LogP contribution in [0.15, 0.2) is 16.5 Å². The Labute approximate surface area is 91.0 Å². The van der Waals surface area contributed by atoms with Crippen LogP contribution < -0.4 is 5.73 Å². The first-order valence-electron chi connectivity index (χ1n) is 5.14. The molecule has 4 nitrogen and oxygen atoms in total. The largest absolute Gasteiger partial charge is 0.463 e. The van der Waals surface area contributed by atoms with E-state index in [1.807, 2.05) is 19.2 Å². The minimum atomic E-state index is 0.376. The van der Waals surface area contributed by atoms with Crippen molar-refractivity contribution in [3.63, 3.8) is 0 Å². The highest BCUT2D eigenvalue weighted by atomic mass is 16.5. The van der Waals surface area contributed by atoms with Crippen molar-refractivity contribution in [1.29, 1.82) is 0 Å². The SMILES string of the molecule is COCC(C)N(C)Cc1ccc(CN)o1. The van der Waals surface area contributed by atoms with E-state index in [2.05, 4.69) is 11.8 Å². The van der Waals surface area contributed by atoms with Gasteiger partial charge in [-0.1, -0.05) is 0 Å². The Kier molecular flexibility index (Phi) is 4.81. The number of hydrogen-bond donors (Lipinski definition) is 1. The van der Waals surface area contributed by atoms with E-state index in [1.165, 1.54) is 0 Å². The van der Waals surface area contributed by atoms with Crippen LogP contribution in [0.2, 0.25) is 0 Å². The van der Waals surface area contributed by atoms with Gasteiger partial charge in [-0.05, 0) is 26.1 Å². The molecule has 1 unspecified atom stereocenters. The zero-order valence-electron chi connectivity index (χ0n) is 9.69. The van der Waals surface area contributed by atoms with Crippen LogP contribution in [0.5, 0.6) is 0 Å². The van der Waals surface area contributed by atoms with E-state index in [4.69, 9.17) is 14.9 Å². The molecule has 86 valence electrons. The molecule has 1 aromatic heterocycles. The predicted octanol–water partition coefficient (Wildman–Crippen LogP) is 1.21. The van der Waals surface area contributed by atoms with Crippen LogP contribution in [0.3, 0.4) is 0 Å². The molecular weight excluding hydrogens is 192 g/mol. The van der Waals surface area contributed by atoms with E-state index in [-0.39, 0.29) is 0 Å². The van der Waals surface area contributed by atoms with Gasteiger partial charge in [0.05, 0.1) is 19.7 Å². The molecule has 0 amide bonds. The molecule has 1 atom stereocenters. The van der Waals surface area contributed by atoms with Crippen LogP contribution in [-0.2, 0) is 17.8 Å². The normalized spacial score (nSPS) is 13.4. The average molecular weight is 212 g/mol. The van der Waals surface area contributed by atoms with Gasteiger partial charge in [0, 0.05) is 13.2 Å². The van der Waals surface area contributed by atoms with E-state index in [0.29, 0.717) is 12.6 Å². The fourth-order valence-corrected chi connectivity index (χ4v) is 1.39. The smallest absolute Gasteiger partial charge is 0.118 e. The number of nitrogens with two attached hydrogens (primary N) is 1. The topological polar surface area (TPSA) is 51.6 Å². The predicted molar refractivity (Wildman–Crippen MR) is 59.4 cm³/mol. The Balaban J connectivity index is 2.46. The fraction of sp³-hybridized carbons (Fsp3) is 0.636. The Morgan fingerprint density at radius 3 is 2.67 bits per heavy atom. The van der Waals surface area contributed by atoms with Crippen LogP contribution in [0.25, 0.3) is 0 Å². The molecule has 0 bridgehead atoms. The van der Waals surface area contributed by atoms with Gasteiger partial charge in [0.1, 0.15) is 11.5 Å². The van der Waals surface area contributed by atoms with Gasteiger partial charge in [-0.3, -0.25) is 4.90 Å². The third kappa shape index (κ3) is 3.66. The standard InChI is InChI=1S/C11H20N2O2/c1-9(8-14-3)13(2)7-11-5-4-10(6-12)15-11/h4-5,9H,6-8,12H2,1-3H3. The third-order valence-electron chi connectivity index (χ3n) is 2.48. The molecule has 0 saturated carbocycles. The highest BCUT2D eigenvalue weighted by Crippen LogP contribution is 2.10. The summed E-state index contributed by atoms with van der Waals surface area (Å²) in [5.74, 6) is 1.78. The van der Waals surface area contributed by atoms with Crippen LogP contribution in [0.4, 0.5) is 0 Å². The molecule has 2 N–H and O–H groups in total. The lowest BCUT2D eigenvalue weighted by atomic mass is 10.3. The Hall–Kier alpha value is -0.840. The van der Waals surface area contributed by atoms with Crippen LogP contribution in [0.1, 0.15) is 18.4 Å². The second-order valence-corrected chi connectivity index (χ2v) is 3.79. The van der Waals surface area contributed by atoms with Gasteiger partial charge < -0.3 is 14.9 Å². The first kappa shape index (κ1) is 12.2. The lowest BCUT2D eigenvalue weighted by Crippen LogP contribution is -2.31. The van der Waals surface area contributed by atoms with Crippen LogP contribution in [0, 0.1) is 0 Å². The summed E-state index contributed by atoms with van der Waals surface area (Å²) in [6.45, 7) is 4.08. The van der Waals surface area contributed by atoms with E-state index in [1.54, 1.807) is 7.11 Å². The summed E-state index contributed by atoms with van der Waals surface area (Å²) in [6, 6.07) is 4.27. The van der Waals surface area contributed by atoms with Gasteiger partial charge in [0.2, 0.25) is 0 Å². The Morgan fingerprint density at radius 2 is 2.13 bits per heavy atom. The van der Waals surface area contributed by atoms with Crippen molar-refractivity contribution in [2.24, 2.45) is 5.73 Å². The van der Waals surface area contributed by atoms with Gasteiger partial charge in [-0.2, -0.15) is 0 Å². The van der Waals surface area contributed by atoms with Gasteiger partial charge >= 0.3 is 0 Å². The minimum Gasteiger partial charge on any atom is -0.463 e. The van der Waals surface area contributed by atoms with Crippen molar-refractivity contribution in [1.82, 2.24) is 4.90 Å². The molecule has 0 aromatic carbocycles. The summed E-state index contributed by atoms with van der Waals surface area (Å²) < 4.78 is 10.6. The van der Waals surface area contributed by atoms with Crippen molar-refractivity contribution in [2.45, 2.75) is 26.1 Å². The third-order valence-corrected chi connectivity index (χ3v) is 2.48. The van der Waals surface area contributed by atoms with Crippen molar-refractivity contribution >= 4 is 0 Å². The lowest BCUT2D eigenvalue weighted by molar-refractivity contribution is 0.107. The first-order valence-corrected chi connectivity index (χ1v) is 5.14.